The summed E-state index contributed by atoms with van der Waals surface area (Å²) >= 11 is 0. The van der Waals surface area contributed by atoms with E-state index in [9.17, 15) is 4.91 Å². The van der Waals surface area contributed by atoms with E-state index in [-0.39, 0.29) is 12.1 Å². The number of hydrogen-bond acceptors (Lipinski definition) is 7. The first-order chi connectivity index (χ1) is 12.8. The van der Waals surface area contributed by atoms with Crippen molar-refractivity contribution in [1.29, 1.82) is 0 Å². The lowest BCUT2D eigenvalue weighted by Crippen LogP contribution is -2.53. The zero-order chi connectivity index (χ0) is 17.8. The van der Waals surface area contributed by atoms with E-state index in [0.29, 0.717) is 56.4 Å². The molecule has 8 nitrogen and oxygen atoms in total. The zero-order valence-corrected chi connectivity index (χ0v) is 15.6. The Balaban J connectivity index is 1.32. The topological polar surface area (TPSA) is 63.5 Å². The van der Waals surface area contributed by atoms with Crippen molar-refractivity contribution in [3.05, 3.63) is 4.91 Å². The van der Waals surface area contributed by atoms with Gasteiger partial charge in [0.25, 0.3) is 0 Å². The van der Waals surface area contributed by atoms with Crippen LogP contribution >= 0.6 is 0 Å². The van der Waals surface area contributed by atoms with E-state index in [4.69, 9.17) is 19.4 Å². The van der Waals surface area contributed by atoms with Crippen LogP contribution in [0.3, 0.4) is 0 Å². The highest BCUT2D eigenvalue weighted by molar-refractivity contribution is 4.82. The second-order valence-electron chi connectivity index (χ2n) is 8.04. The standard InChI is InChI=1S/C18H32N3O5/c22-21(25-19-9-11-23-13-17(19)15-5-1-2-6-15)26-20-10-12-24-14-18(20)16-7-3-4-8-16/h15-18H,1-14H2/q+1. The third-order valence-corrected chi connectivity index (χ3v) is 6.46. The Morgan fingerprint density at radius 2 is 1.15 bits per heavy atom. The zero-order valence-electron chi connectivity index (χ0n) is 15.6. The first-order valence-electron chi connectivity index (χ1n) is 10.3. The van der Waals surface area contributed by atoms with E-state index in [2.05, 4.69) is 0 Å². The Morgan fingerprint density at radius 3 is 1.58 bits per heavy atom. The molecule has 0 aromatic carbocycles. The van der Waals surface area contributed by atoms with E-state index in [1.807, 2.05) is 0 Å². The van der Waals surface area contributed by atoms with E-state index in [0.717, 1.165) is 0 Å². The predicted octanol–water partition coefficient (Wildman–Crippen LogP) is 2.24. The Kier molecular flexibility index (Phi) is 6.24. The van der Waals surface area contributed by atoms with Crippen molar-refractivity contribution in [2.45, 2.75) is 63.5 Å². The molecule has 2 unspecified atom stereocenters. The maximum atomic E-state index is 12.4. The van der Waals surface area contributed by atoms with Gasteiger partial charge in [-0.1, -0.05) is 45.7 Å². The van der Waals surface area contributed by atoms with Crippen molar-refractivity contribution in [1.82, 2.24) is 10.1 Å². The molecule has 0 spiro atoms. The number of hydrogen-bond donors (Lipinski definition) is 0. The highest BCUT2D eigenvalue weighted by atomic mass is 17.1. The van der Waals surface area contributed by atoms with Gasteiger partial charge in [-0.3, -0.25) is 0 Å². The van der Waals surface area contributed by atoms with Crippen LogP contribution in [0.1, 0.15) is 51.4 Å². The molecule has 0 bridgehead atoms. The number of morpholine rings is 2. The maximum absolute atomic E-state index is 12.4. The van der Waals surface area contributed by atoms with Gasteiger partial charge in [-0.05, 0) is 37.5 Å². The summed E-state index contributed by atoms with van der Waals surface area (Å²) in [5.41, 5.74) is 0. The fourth-order valence-electron chi connectivity index (χ4n) is 5.03. The van der Waals surface area contributed by atoms with Crippen LogP contribution in [0.5, 0.6) is 0 Å². The van der Waals surface area contributed by atoms with Gasteiger partial charge in [0, 0.05) is 0 Å². The monoisotopic (exact) mass is 370 g/mol. The molecule has 2 atom stereocenters. The Labute approximate surface area is 155 Å². The normalized spacial score (nSPS) is 32.8. The molecule has 2 aliphatic carbocycles. The Bertz CT molecular complexity index is 428. The van der Waals surface area contributed by atoms with E-state index >= 15 is 0 Å². The van der Waals surface area contributed by atoms with Crippen LogP contribution in [-0.4, -0.2) is 66.8 Å². The fraction of sp³-hybridized carbons (Fsp3) is 1.00. The number of hydroxylamine groups is 4. The first kappa shape index (κ1) is 18.4. The summed E-state index contributed by atoms with van der Waals surface area (Å²) in [5, 5.41) is 3.84. The van der Waals surface area contributed by atoms with Crippen molar-refractivity contribution in [3.8, 4) is 0 Å². The van der Waals surface area contributed by atoms with E-state index in [1.165, 1.54) is 51.4 Å². The van der Waals surface area contributed by atoms with E-state index < -0.39 is 0 Å². The summed E-state index contributed by atoms with van der Waals surface area (Å²) in [4.78, 5) is 23.5. The van der Waals surface area contributed by atoms with Crippen LogP contribution in [-0.2, 0) is 19.4 Å². The summed E-state index contributed by atoms with van der Waals surface area (Å²) in [6.07, 6.45) is 9.74. The minimum absolute atomic E-state index is 0.140. The average molecular weight is 370 g/mol. The molecule has 0 radical (unpaired) electrons. The van der Waals surface area contributed by atoms with Crippen molar-refractivity contribution in [3.63, 3.8) is 0 Å². The summed E-state index contributed by atoms with van der Waals surface area (Å²) in [6.45, 7) is 3.61. The van der Waals surface area contributed by atoms with Crippen LogP contribution in [0.4, 0.5) is 0 Å². The quantitative estimate of drug-likeness (QED) is 0.665. The predicted molar refractivity (Wildman–Crippen MR) is 92.3 cm³/mol. The lowest BCUT2D eigenvalue weighted by molar-refractivity contribution is -1.04. The van der Waals surface area contributed by atoms with Crippen molar-refractivity contribution in [2.75, 3.05) is 39.5 Å². The van der Waals surface area contributed by atoms with Crippen molar-refractivity contribution < 1.29 is 24.4 Å². The average Bonchev–Trinajstić information content (AvgIpc) is 3.37. The second kappa shape index (κ2) is 8.82. The molecule has 2 aliphatic heterocycles. The van der Waals surface area contributed by atoms with Gasteiger partial charge in [-0.15, -0.1) is 0 Å². The lowest BCUT2D eigenvalue weighted by atomic mass is 9.98. The van der Waals surface area contributed by atoms with Gasteiger partial charge in [0.1, 0.15) is 4.91 Å². The SMILES string of the molecule is O=[N+](ON1CCOCC1C1CCCC1)ON1CCOCC1C1CCCC1. The summed E-state index contributed by atoms with van der Waals surface area (Å²) in [5.74, 6) is 1.08. The third kappa shape index (κ3) is 4.30. The van der Waals surface area contributed by atoms with Crippen molar-refractivity contribution >= 4 is 0 Å². The van der Waals surface area contributed by atoms with E-state index in [1.54, 1.807) is 10.1 Å². The van der Waals surface area contributed by atoms with Gasteiger partial charge in [0.05, 0.1) is 51.6 Å². The van der Waals surface area contributed by atoms with Crippen LogP contribution in [0.15, 0.2) is 0 Å². The van der Waals surface area contributed by atoms with Gasteiger partial charge < -0.3 is 9.47 Å². The Hall–Kier alpha value is -0.960. The first-order valence-corrected chi connectivity index (χ1v) is 10.3. The molecular formula is C18H32N3O5+. The molecule has 4 aliphatic rings. The maximum Gasteiger partial charge on any atom is 0.519 e. The third-order valence-electron chi connectivity index (χ3n) is 6.46. The largest absolute Gasteiger partial charge is 0.519 e. The molecule has 148 valence electrons. The molecule has 2 heterocycles. The summed E-state index contributed by atoms with van der Waals surface area (Å²) in [6, 6.07) is 0.281. The molecule has 8 heteroatoms. The van der Waals surface area contributed by atoms with Gasteiger partial charge >= 0.3 is 5.09 Å². The number of rotatable bonds is 6. The molecule has 0 aromatic heterocycles. The summed E-state index contributed by atoms with van der Waals surface area (Å²) < 4.78 is 11.3. The minimum atomic E-state index is 0.140. The minimum Gasteiger partial charge on any atom is -0.378 e. The van der Waals surface area contributed by atoms with Crippen LogP contribution in [0.2, 0.25) is 0 Å². The molecule has 0 N–H and O–H groups in total. The van der Waals surface area contributed by atoms with Gasteiger partial charge in [-0.2, -0.15) is 0 Å². The number of ether oxygens (including phenoxy) is 2. The highest BCUT2D eigenvalue weighted by Gasteiger charge is 2.41. The van der Waals surface area contributed by atoms with Gasteiger partial charge in [-0.25, -0.2) is 0 Å². The molecule has 4 fully saturated rings. The molecule has 2 saturated carbocycles. The molecule has 2 saturated heterocycles. The second-order valence-corrected chi connectivity index (χ2v) is 8.04. The molecule has 4 rings (SSSR count). The number of nitrogens with zero attached hydrogens (tertiary/aromatic N) is 3. The lowest BCUT2D eigenvalue weighted by Gasteiger charge is -2.34. The summed E-state index contributed by atoms with van der Waals surface area (Å²) in [7, 11) is 0. The van der Waals surface area contributed by atoms with Crippen LogP contribution < -0.4 is 0 Å². The van der Waals surface area contributed by atoms with Crippen LogP contribution in [0.25, 0.3) is 0 Å². The molecule has 26 heavy (non-hydrogen) atoms. The fourth-order valence-corrected chi connectivity index (χ4v) is 5.03. The molecular weight excluding hydrogens is 338 g/mol. The highest BCUT2D eigenvalue weighted by Crippen LogP contribution is 2.33. The van der Waals surface area contributed by atoms with Gasteiger partial charge in [0.2, 0.25) is 0 Å². The van der Waals surface area contributed by atoms with Crippen LogP contribution in [0, 0.1) is 16.7 Å². The molecule has 0 amide bonds. The Morgan fingerprint density at radius 1 is 0.731 bits per heavy atom. The van der Waals surface area contributed by atoms with Gasteiger partial charge in [0.15, 0.2) is 0 Å². The molecule has 0 aromatic rings. The smallest absolute Gasteiger partial charge is 0.378 e. The van der Waals surface area contributed by atoms with Crippen molar-refractivity contribution in [2.24, 2.45) is 11.8 Å².